The van der Waals surface area contributed by atoms with Crippen LogP contribution in [0.4, 0.5) is 13.2 Å². The molecule has 0 unspecified atom stereocenters. The zero-order valence-corrected chi connectivity index (χ0v) is 14.4. The van der Waals surface area contributed by atoms with E-state index in [0.29, 0.717) is 18.5 Å². The zero-order valence-electron chi connectivity index (χ0n) is 13.6. The molecule has 1 heterocycles. The number of nitrogens with one attached hydrogen (secondary N) is 1. The standard InChI is InChI=1S/C18H22F3NS/c1-17(2,3)16-8-7-15(23-16)12-22-10-9-13-5-4-6-14(11-13)18(19,20)21/h4-8,11,22H,9-10,12H2,1-3H3. The lowest BCUT2D eigenvalue weighted by Gasteiger charge is -2.15. The monoisotopic (exact) mass is 341 g/mol. The third-order valence-corrected chi connectivity index (χ3v) is 5.06. The molecule has 1 N–H and O–H groups in total. The summed E-state index contributed by atoms with van der Waals surface area (Å²) in [5.41, 5.74) is 0.276. The number of hydrogen-bond acceptors (Lipinski definition) is 2. The predicted octanol–water partition coefficient (Wildman–Crippen LogP) is 5.40. The molecule has 0 saturated carbocycles. The summed E-state index contributed by atoms with van der Waals surface area (Å²) in [6, 6.07) is 9.80. The third-order valence-electron chi connectivity index (χ3n) is 3.54. The molecule has 1 aromatic heterocycles. The number of halogens is 3. The Morgan fingerprint density at radius 3 is 2.39 bits per heavy atom. The van der Waals surface area contributed by atoms with Crippen LogP contribution in [0.5, 0.6) is 0 Å². The normalized spacial score (nSPS) is 12.6. The maximum absolute atomic E-state index is 12.7. The van der Waals surface area contributed by atoms with Gasteiger partial charge in [-0.05, 0) is 42.1 Å². The van der Waals surface area contributed by atoms with E-state index in [1.807, 2.05) is 0 Å². The van der Waals surface area contributed by atoms with Gasteiger partial charge >= 0.3 is 6.18 Å². The van der Waals surface area contributed by atoms with E-state index in [1.165, 1.54) is 21.9 Å². The van der Waals surface area contributed by atoms with Crippen molar-refractivity contribution in [3.63, 3.8) is 0 Å². The van der Waals surface area contributed by atoms with Gasteiger partial charge in [0.05, 0.1) is 5.56 Å². The van der Waals surface area contributed by atoms with E-state index in [1.54, 1.807) is 17.4 Å². The van der Waals surface area contributed by atoms with Crippen LogP contribution < -0.4 is 5.32 Å². The average molecular weight is 341 g/mol. The Labute approximate surface area is 139 Å². The summed E-state index contributed by atoms with van der Waals surface area (Å²) in [6.07, 6.45) is -3.69. The molecule has 0 bridgehead atoms. The number of thiophene rings is 1. The SMILES string of the molecule is CC(C)(C)c1ccc(CNCCc2cccc(C(F)(F)F)c2)s1. The second-order valence-corrected chi connectivity index (χ2v) is 7.81. The largest absolute Gasteiger partial charge is 0.416 e. The van der Waals surface area contributed by atoms with Crippen LogP contribution in [0.2, 0.25) is 0 Å². The van der Waals surface area contributed by atoms with E-state index < -0.39 is 11.7 Å². The van der Waals surface area contributed by atoms with Gasteiger partial charge in [0.15, 0.2) is 0 Å². The first-order valence-corrected chi connectivity index (χ1v) is 8.44. The van der Waals surface area contributed by atoms with Crippen molar-refractivity contribution in [1.82, 2.24) is 5.32 Å². The average Bonchev–Trinajstić information content (AvgIpc) is 2.92. The Balaban J connectivity index is 1.83. The van der Waals surface area contributed by atoms with Crippen LogP contribution in [-0.2, 0) is 24.6 Å². The smallest absolute Gasteiger partial charge is 0.312 e. The molecule has 1 nitrogen and oxygen atoms in total. The lowest BCUT2D eigenvalue weighted by atomic mass is 9.95. The highest BCUT2D eigenvalue weighted by molar-refractivity contribution is 7.12. The summed E-state index contributed by atoms with van der Waals surface area (Å²) < 4.78 is 38.0. The van der Waals surface area contributed by atoms with Gasteiger partial charge in [-0.15, -0.1) is 11.3 Å². The van der Waals surface area contributed by atoms with Crippen molar-refractivity contribution in [3.05, 3.63) is 57.3 Å². The summed E-state index contributed by atoms with van der Waals surface area (Å²) in [4.78, 5) is 2.59. The Morgan fingerprint density at radius 2 is 1.78 bits per heavy atom. The molecule has 2 rings (SSSR count). The van der Waals surface area contributed by atoms with Gasteiger partial charge in [0.25, 0.3) is 0 Å². The molecule has 23 heavy (non-hydrogen) atoms. The molecular weight excluding hydrogens is 319 g/mol. The molecule has 0 atom stereocenters. The molecule has 126 valence electrons. The highest BCUT2D eigenvalue weighted by Gasteiger charge is 2.30. The number of rotatable bonds is 5. The van der Waals surface area contributed by atoms with Gasteiger partial charge in [0.2, 0.25) is 0 Å². The molecule has 0 spiro atoms. The van der Waals surface area contributed by atoms with E-state index in [4.69, 9.17) is 0 Å². The second kappa shape index (κ2) is 7.05. The number of alkyl halides is 3. The van der Waals surface area contributed by atoms with Gasteiger partial charge < -0.3 is 5.32 Å². The van der Waals surface area contributed by atoms with Crippen LogP contribution in [0, 0.1) is 0 Å². The Bertz CT molecular complexity index is 638. The van der Waals surface area contributed by atoms with Crippen molar-refractivity contribution in [2.45, 2.75) is 45.3 Å². The minimum Gasteiger partial charge on any atom is -0.312 e. The molecule has 0 saturated heterocycles. The third kappa shape index (κ3) is 5.36. The van der Waals surface area contributed by atoms with E-state index >= 15 is 0 Å². The molecule has 0 fully saturated rings. The van der Waals surface area contributed by atoms with E-state index in [-0.39, 0.29) is 5.41 Å². The lowest BCUT2D eigenvalue weighted by molar-refractivity contribution is -0.137. The van der Waals surface area contributed by atoms with E-state index in [0.717, 1.165) is 12.6 Å². The second-order valence-electron chi connectivity index (χ2n) is 6.64. The molecule has 0 aliphatic carbocycles. The Morgan fingerprint density at radius 1 is 1.04 bits per heavy atom. The van der Waals surface area contributed by atoms with Crippen LogP contribution >= 0.6 is 11.3 Å². The van der Waals surface area contributed by atoms with Gasteiger partial charge in [0.1, 0.15) is 0 Å². The van der Waals surface area contributed by atoms with Crippen molar-refractivity contribution < 1.29 is 13.2 Å². The van der Waals surface area contributed by atoms with Crippen LogP contribution in [-0.4, -0.2) is 6.54 Å². The fraction of sp³-hybridized carbons (Fsp3) is 0.444. The van der Waals surface area contributed by atoms with Gasteiger partial charge in [-0.3, -0.25) is 0 Å². The van der Waals surface area contributed by atoms with Gasteiger partial charge in [-0.25, -0.2) is 0 Å². The van der Waals surface area contributed by atoms with Crippen molar-refractivity contribution in [2.24, 2.45) is 0 Å². The fourth-order valence-corrected chi connectivity index (χ4v) is 3.26. The summed E-state index contributed by atoms with van der Waals surface area (Å²) >= 11 is 1.78. The first-order valence-electron chi connectivity index (χ1n) is 7.62. The van der Waals surface area contributed by atoms with E-state index in [2.05, 4.69) is 38.2 Å². The molecule has 2 aromatic rings. The molecule has 1 aromatic carbocycles. The molecule has 5 heteroatoms. The van der Waals surface area contributed by atoms with Gasteiger partial charge in [-0.1, -0.05) is 39.0 Å². The Kier molecular flexibility index (Phi) is 5.53. The van der Waals surface area contributed by atoms with E-state index in [9.17, 15) is 13.2 Å². The topological polar surface area (TPSA) is 12.0 Å². The van der Waals surface area contributed by atoms with Crippen LogP contribution in [0.25, 0.3) is 0 Å². The van der Waals surface area contributed by atoms with Crippen LogP contribution in [0.1, 0.15) is 41.7 Å². The fourth-order valence-electron chi connectivity index (χ4n) is 2.22. The molecule has 0 aliphatic rings. The highest BCUT2D eigenvalue weighted by Crippen LogP contribution is 2.30. The van der Waals surface area contributed by atoms with Gasteiger partial charge in [-0.2, -0.15) is 13.2 Å². The van der Waals surface area contributed by atoms with Crippen LogP contribution in [0.15, 0.2) is 36.4 Å². The minimum atomic E-state index is -4.27. The first-order chi connectivity index (χ1) is 10.7. The Hall–Kier alpha value is -1.33. The van der Waals surface area contributed by atoms with Crippen LogP contribution in [0.3, 0.4) is 0 Å². The minimum absolute atomic E-state index is 0.154. The number of hydrogen-bond donors (Lipinski definition) is 1. The molecule has 0 amide bonds. The highest BCUT2D eigenvalue weighted by atomic mass is 32.1. The first kappa shape index (κ1) is 18.0. The quantitative estimate of drug-likeness (QED) is 0.718. The molecule has 0 radical (unpaired) electrons. The summed E-state index contributed by atoms with van der Waals surface area (Å²) in [5, 5.41) is 3.30. The van der Waals surface area contributed by atoms with Crippen molar-refractivity contribution >= 4 is 11.3 Å². The van der Waals surface area contributed by atoms with Gasteiger partial charge in [0, 0.05) is 16.3 Å². The van der Waals surface area contributed by atoms with Crippen molar-refractivity contribution in [3.8, 4) is 0 Å². The van der Waals surface area contributed by atoms with Crippen molar-refractivity contribution in [1.29, 1.82) is 0 Å². The number of benzene rings is 1. The zero-order chi connectivity index (χ0) is 17.1. The molecular formula is C18H22F3NS. The summed E-state index contributed by atoms with van der Waals surface area (Å²) in [7, 11) is 0. The summed E-state index contributed by atoms with van der Waals surface area (Å²) in [6.45, 7) is 7.96. The summed E-state index contributed by atoms with van der Waals surface area (Å²) in [5.74, 6) is 0. The predicted molar refractivity (Wildman–Crippen MR) is 89.9 cm³/mol. The van der Waals surface area contributed by atoms with Crippen molar-refractivity contribution in [2.75, 3.05) is 6.54 Å². The maximum atomic E-state index is 12.7. The lowest BCUT2D eigenvalue weighted by Crippen LogP contribution is -2.16. The molecule has 0 aliphatic heterocycles. The maximum Gasteiger partial charge on any atom is 0.416 e.